The van der Waals surface area contributed by atoms with Gasteiger partial charge in [-0.25, -0.2) is 14.1 Å². The van der Waals surface area contributed by atoms with Crippen LogP contribution >= 0.6 is 11.3 Å². The highest BCUT2D eigenvalue weighted by molar-refractivity contribution is 7.19. The molecule has 31 heavy (non-hydrogen) atoms. The van der Waals surface area contributed by atoms with Gasteiger partial charge in [-0.05, 0) is 43.3 Å². The number of hydrogen-bond donors (Lipinski definition) is 1. The first kappa shape index (κ1) is 20.3. The summed E-state index contributed by atoms with van der Waals surface area (Å²) in [4.78, 5) is 39.8. The Balaban J connectivity index is 1.67. The van der Waals surface area contributed by atoms with E-state index in [2.05, 4.69) is 15.4 Å². The molecule has 0 saturated heterocycles. The molecule has 0 spiro atoms. The Morgan fingerprint density at radius 3 is 2.52 bits per heavy atom. The lowest BCUT2D eigenvalue weighted by Crippen LogP contribution is -2.30. The van der Waals surface area contributed by atoms with Gasteiger partial charge in [0.1, 0.15) is 18.1 Å². The van der Waals surface area contributed by atoms with Crippen molar-refractivity contribution in [2.24, 2.45) is 0 Å². The number of nitrogens with one attached hydrogen (secondary N) is 1. The van der Waals surface area contributed by atoms with Gasteiger partial charge in [-0.1, -0.05) is 0 Å². The number of nitro groups is 1. The number of aryl methyl sites for hydroxylation is 1. The summed E-state index contributed by atoms with van der Waals surface area (Å²) >= 11 is 1.29. The smallest absolute Gasteiger partial charge is 0.294 e. The Bertz CT molecular complexity index is 1360. The highest BCUT2D eigenvalue weighted by atomic mass is 32.1. The first-order valence-corrected chi connectivity index (χ1v) is 9.82. The second-order valence-corrected chi connectivity index (χ2v) is 7.78. The average molecular weight is 439 g/mol. The molecule has 0 saturated carbocycles. The van der Waals surface area contributed by atoms with E-state index in [-0.39, 0.29) is 11.2 Å². The first-order valence-electron chi connectivity index (χ1n) is 9.00. The van der Waals surface area contributed by atoms with E-state index in [0.29, 0.717) is 26.7 Å². The third-order valence-electron chi connectivity index (χ3n) is 4.38. The van der Waals surface area contributed by atoms with Gasteiger partial charge in [0.05, 0.1) is 14.6 Å². The number of halogens is 1. The van der Waals surface area contributed by atoms with Gasteiger partial charge in [-0.3, -0.25) is 19.7 Å². The van der Waals surface area contributed by atoms with E-state index in [4.69, 9.17) is 0 Å². The second-order valence-electron chi connectivity index (χ2n) is 6.58. The van der Waals surface area contributed by atoms with E-state index in [1.807, 2.05) is 0 Å². The van der Waals surface area contributed by atoms with Crippen molar-refractivity contribution in [3.05, 3.63) is 79.8 Å². The van der Waals surface area contributed by atoms with Gasteiger partial charge < -0.3 is 5.32 Å². The maximum Gasteiger partial charge on any atom is 0.294 e. The molecule has 2 aromatic heterocycles. The number of amides is 1. The van der Waals surface area contributed by atoms with Crippen molar-refractivity contribution in [3.8, 4) is 11.3 Å². The zero-order valence-corrected chi connectivity index (χ0v) is 16.9. The summed E-state index contributed by atoms with van der Waals surface area (Å²) in [5.74, 6) is -0.948. The quantitative estimate of drug-likeness (QED) is 0.375. The molecule has 2 heterocycles. The molecule has 0 atom stereocenters. The number of nitro benzene ring substituents is 1. The largest absolute Gasteiger partial charge is 0.324 e. The number of benzene rings is 2. The number of nitrogens with zero attached hydrogens (tertiary/aromatic N) is 4. The summed E-state index contributed by atoms with van der Waals surface area (Å²) < 4.78 is 14.9. The van der Waals surface area contributed by atoms with Gasteiger partial charge in [-0.15, -0.1) is 11.3 Å². The van der Waals surface area contributed by atoms with E-state index in [0.717, 1.165) is 4.68 Å². The van der Waals surface area contributed by atoms with Crippen LogP contribution in [0.4, 0.5) is 15.8 Å². The lowest BCUT2D eigenvalue weighted by atomic mass is 10.1. The minimum atomic E-state index is -0.545. The van der Waals surface area contributed by atoms with Crippen LogP contribution in [0.1, 0.15) is 5.01 Å². The fourth-order valence-corrected chi connectivity index (χ4v) is 3.89. The fraction of sp³-hybridized carbons (Fsp3) is 0.100. The maximum absolute atomic E-state index is 13.3. The number of fused-ring (bicyclic) bond motifs is 1. The zero-order chi connectivity index (χ0) is 22.1. The van der Waals surface area contributed by atoms with Crippen molar-refractivity contribution in [3.63, 3.8) is 0 Å². The number of carbonyl (C=O) groups excluding carboxylic acids is 1. The molecule has 0 aliphatic rings. The molecule has 11 heteroatoms. The molecule has 0 aliphatic carbocycles. The molecule has 1 amide bonds. The third kappa shape index (κ3) is 4.16. The van der Waals surface area contributed by atoms with E-state index >= 15 is 0 Å². The van der Waals surface area contributed by atoms with Crippen LogP contribution in [0, 0.1) is 22.9 Å². The second kappa shape index (κ2) is 8.03. The SMILES string of the molecule is Cc1nc2c(=O)n(CC(=O)Nc3ccc([N+](=O)[O-])cc3)nc(-c3ccc(F)cc3)c2s1. The zero-order valence-electron chi connectivity index (χ0n) is 16.0. The minimum absolute atomic E-state index is 0.107. The number of hydrogen-bond acceptors (Lipinski definition) is 7. The standard InChI is InChI=1S/C20H14FN5O4S/c1-11-22-18-19(31-11)17(12-2-4-13(21)5-3-12)24-25(20(18)28)10-16(27)23-14-6-8-15(9-7-14)26(29)30/h2-9H,10H2,1H3,(H,23,27). The van der Waals surface area contributed by atoms with Crippen LogP contribution in [-0.2, 0) is 11.3 Å². The van der Waals surface area contributed by atoms with Crippen LogP contribution < -0.4 is 10.9 Å². The van der Waals surface area contributed by atoms with Crippen LogP contribution in [0.5, 0.6) is 0 Å². The molecule has 0 aliphatic heterocycles. The Labute approximate surface area is 177 Å². The van der Waals surface area contributed by atoms with E-state index < -0.39 is 28.8 Å². The Hall–Kier alpha value is -3.99. The van der Waals surface area contributed by atoms with Crippen LogP contribution in [0.2, 0.25) is 0 Å². The predicted molar refractivity (Wildman–Crippen MR) is 114 cm³/mol. The van der Waals surface area contributed by atoms with Crippen LogP contribution in [0.3, 0.4) is 0 Å². The molecule has 0 bridgehead atoms. The van der Waals surface area contributed by atoms with Crippen molar-refractivity contribution < 1.29 is 14.1 Å². The molecule has 0 fully saturated rings. The lowest BCUT2D eigenvalue weighted by molar-refractivity contribution is -0.384. The van der Waals surface area contributed by atoms with Crippen molar-refractivity contribution in [2.75, 3.05) is 5.32 Å². The van der Waals surface area contributed by atoms with Crippen LogP contribution in [0.15, 0.2) is 53.3 Å². The fourth-order valence-electron chi connectivity index (χ4n) is 2.97. The van der Waals surface area contributed by atoms with E-state index in [9.17, 15) is 24.1 Å². The number of carbonyl (C=O) groups is 1. The third-order valence-corrected chi connectivity index (χ3v) is 5.36. The molecular formula is C20H14FN5O4S. The number of rotatable bonds is 5. The number of aromatic nitrogens is 3. The number of thiazole rings is 1. The van der Waals surface area contributed by atoms with Gasteiger partial charge in [0, 0.05) is 23.4 Å². The summed E-state index contributed by atoms with van der Waals surface area (Å²) in [5, 5.41) is 18.3. The molecule has 0 unspecified atom stereocenters. The molecular weight excluding hydrogens is 425 g/mol. The Morgan fingerprint density at radius 1 is 1.19 bits per heavy atom. The topological polar surface area (TPSA) is 120 Å². The lowest BCUT2D eigenvalue weighted by Gasteiger charge is -2.09. The summed E-state index contributed by atoms with van der Waals surface area (Å²) in [6.45, 7) is 1.36. The highest BCUT2D eigenvalue weighted by Crippen LogP contribution is 2.29. The van der Waals surface area contributed by atoms with Gasteiger partial charge in [0.25, 0.3) is 11.2 Å². The summed E-state index contributed by atoms with van der Waals surface area (Å²) in [6, 6.07) is 11.0. The number of anilines is 1. The Morgan fingerprint density at radius 2 is 1.87 bits per heavy atom. The van der Waals surface area contributed by atoms with Gasteiger partial charge >= 0.3 is 0 Å². The molecule has 156 valence electrons. The Kier molecular flexibility index (Phi) is 5.26. The van der Waals surface area contributed by atoms with Crippen LogP contribution in [-0.4, -0.2) is 25.6 Å². The van der Waals surface area contributed by atoms with E-state index in [1.54, 1.807) is 6.92 Å². The molecule has 4 rings (SSSR count). The monoisotopic (exact) mass is 439 g/mol. The van der Waals surface area contributed by atoms with Gasteiger partial charge in [0.15, 0.2) is 5.52 Å². The van der Waals surface area contributed by atoms with Gasteiger partial charge in [-0.2, -0.15) is 5.10 Å². The highest BCUT2D eigenvalue weighted by Gasteiger charge is 2.18. The molecule has 2 aromatic carbocycles. The van der Waals surface area contributed by atoms with Crippen molar-refractivity contribution in [1.82, 2.24) is 14.8 Å². The molecule has 9 nitrogen and oxygen atoms in total. The van der Waals surface area contributed by atoms with Crippen LogP contribution in [0.25, 0.3) is 21.5 Å². The minimum Gasteiger partial charge on any atom is -0.324 e. The summed E-state index contributed by atoms with van der Waals surface area (Å²) in [7, 11) is 0. The molecule has 4 aromatic rings. The van der Waals surface area contributed by atoms with E-state index in [1.165, 1.54) is 59.9 Å². The normalized spacial score (nSPS) is 10.9. The summed E-state index contributed by atoms with van der Waals surface area (Å²) in [6.07, 6.45) is 0. The maximum atomic E-state index is 13.3. The average Bonchev–Trinajstić information content (AvgIpc) is 3.13. The van der Waals surface area contributed by atoms with Gasteiger partial charge in [0.2, 0.25) is 5.91 Å². The first-order chi connectivity index (χ1) is 14.8. The summed E-state index contributed by atoms with van der Waals surface area (Å²) in [5.41, 5.74) is 0.893. The molecule has 0 radical (unpaired) electrons. The predicted octanol–water partition coefficient (Wildman–Crippen LogP) is 3.51. The number of non-ortho nitro benzene ring substituents is 1. The van der Waals surface area contributed by atoms with Crippen molar-refractivity contribution in [2.45, 2.75) is 13.5 Å². The van der Waals surface area contributed by atoms with Crippen molar-refractivity contribution >= 4 is 38.8 Å². The molecule has 1 N–H and O–H groups in total. The van der Waals surface area contributed by atoms with Crippen molar-refractivity contribution in [1.29, 1.82) is 0 Å².